The fraction of sp³-hybridized carbons (Fsp3) is 0.241. The van der Waals surface area contributed by atoms with E-state index >= 15 is 0 Å². The number of amides is 1. The lowest BCUT2D eigenvalue weighted by Crippen LogP contribution is -2.29. The summed E-state index contributed by atoms with van der Waals surface area (Å²) in [5.74, 6) is -1.29. The van der Waals surface area contributed by atoms with Gasteiger partial charge in [0.2, 0.25) is 0 Å². The van der Waals surface area contributed by atoms with Crippen molar-refractivity contribution in [2.45, 2.75) is 25.2 Å². The number of hydrogen-bond donors (Lipinski definition) is 3. The fourth-order valence-electron chi connectivity index (χ4n) is 4.48. The van der Waals surface area contributed by atoms with Crippen molar-refractivity contribution in [3.63, 3.8) is 0 Å². The number of halogens is 1. The van der Waals surface area contributed by atoms with Gasteiger partial charge in [-0.1, -0.05) is 49.7 Å². The number of sulfone groups is 1. The number of nitrogens with one attached hydrogen (secondary N) is 2. The monoisotopic (exact) mass is 567 g/mol. The third-order valence-corrected chi connectivity index (χ3v) is 8.55. The number of carbonyl (C=O) groups is 2. The van der Waals surface area contributed by atoms with Crippen LogP contribution < -0.4 is 10.6 Å². The zero-order valence-electron chi connectivity index (χ0n) is 21.7. The van der Waals surface area contributed by atoms with Crippen molar-refractivity contribution in [2.24, 2.45) is 0 Å². The molecule has 39 heavy (non-hydrogen) atoms. The Morgan fingerprint density at radius 1 is 1.03 bits per heavy atom. The Labute approximate surface area is 233 Å². The molecule has 0 unspecified atom stereocenters. The number of anilines is 2. The maximum absolute atomic E-state index is 13.1. The fourth-order valence-corrected chi connectivity index (χ4v) is 5.94. The highest BCUT2D eigenvalue weighted by Crippen LogP contribution is 2.39. The first-order chi connectivity index (χ1) is 18.6. The van der Waals surface area contributed by atoms with E-state index in [0.717, 1.165) is 13.1 Å². The van der Waals surface area contributed by atoms with E-state index in [9.17, 15) is 23.1 Å². The minimum atomic E-state index is -3.47. The Hall–Kier alpha value is -3.66. The Morgan fingerprint density at radius 2 is 1.74 bits per heavy atom. The van der Waals surface area contributed by atoms with Crippen LogP contribution in [0.2, 0.25) is 5.02 Å². The van der Waals surface area contributed by atoms with E-state index in [4.69, 9.17) is 11.6 Å². The van der Waals surface area contributed by atoms with Gasteiger partial charge in [0.1, 0.15) is 0 Å². The number of carboxylic acids is 1. The molecule has 8 nitrogen and oxygen atoms in total. The number of benzene rings is 3. The molecule has 0 saturated carbocycles. The van der Waals surface area contributed by atoms with Gasteiger partial charge < -0.3 is 20.6 Å². The summed E-state index contributed by atoms with van der Waals surface area (Å²) in [5.41, 5.74) is 3.79. The zero-order chi connectivity index (χ0) is 28.2. The quantitative estimate of drug-likeness (QED) is 0.279. The summed E-state index contributed by atoms with van der Waals surface area (Å²) in [6.45, 7) is 6.01. The molecule has 0 saturated heterocycles. The van der Waals surface area contributed by atoms with Gasteiger partial charge in [-0.2, -0.15) is 0 Å². The van der Waals surface area contributed by atoms with Gasteiger partial charge in [0.15, 0.2) is 9.84 Å². The predicted molar refractivity (Wildman–Crippen MR) is 155 cm³/mol. The van der Waals surface area contributed by atoms with E-state index in [-0.39, 0.29) is 23.0 Å². The summed E-state index contributed by atoms with van der Waals surface area (Å²) in [6, 6.07) is 18.5. The van der Waals surface area contributed by atoms with Crippen molar-refractivity contribution in [3.05, 3.63) is 88.4 Å². The molecule has 1 amide bonds. The number of rotatable bonds is 11. The molecule has 0 bridgehead atoms. The van der Waals surface area contributed by atoms with Crippen molar-refractivity contribution < 1.29 is 23.1 Å². The van der Waals surface area contributed by atoms with Gasteiger partial charge in [0, 0.05) is 22.8 Å². The molecule has 0 aromatic heterocycles. The zero-order valence-corrected chi connectivity index (χ0v) is 23.3. The van der Waals surface area contributed by atoms with Gasteiger partial charge in [-0.05, 0) is 66.7 Å². The smallest absolute Gasteiger partial charge is 0.307 e. The normalized spacial score (nSPS) is 14.2. The topological polar surface area (TPSA) is 116 Å². The van der Waals surface area contributed by atoms with Crippen molar-refractivity contribution in [3.8, 4) is 0 Å². The van der Waals surface area contributed by atoms with Crippen molar-refractivity contribution in [1.82, 2.24) is 4.90 Å². The van der Waals surface area contributed by atoms with E-state index in [0.29, 0.717) is 50.9 Å². The van der Waals surface area contributed by atoms with Crippen LogP contribution in [0.5, 0.6) is 0 Å². The Balaban J connectivity index is 1.72. The second-order valence-electron chi connectivity index (χ2n) is 9.16. The summed E-state index contributed by atoms with van der Waals surface area (Å²) in [6.07, 6.45) is -0.172. The number of fused-ring (bicyclic) bond motifs is 1. The molecular weight excluding hydrogens is 538 g/mol. The number of nitrogens with zero attached hydrogens (tertiary/aromatic N) is 1. The van der Waals surface area contributed by atoms with Gasteiger partial charge >= 0.3 is 5.97 Å². The molecule has 204 valence electrons. The van der Waals surface area contributed by atoms with Gasteiger partial charge in [0.05, 0.1) is 34.0 Å². The van der Waals surface area contributed by atoms with Crippen LogP contribution in [0.3, 0.4) is 0 Å². The number of carboxylic acid groups (broad SMARTS) is 1. The molecule has 0 fully saturated rings. The van der Waals surface area contributed by atoms with E-state index in [1.54, 1.807) is 66.7 Å². The average Bonchev–Trinajstić information content (AvgIpc) is 3.22. The molecule has 1 aliphatic rings. The van der Waals surface area contributed by atoms with E-state index in [1.165, 1.54) is 0 Å². The summed E-state index contributed by atoms with van der Waals surface area (Å²) < 4.78 is 25.8. The van der Waals surface area contributed by atoms with E-state index in [2.05, 4.69) is 15.5 Å². The van der Waals surface area contributed by atoms with Crippen molar-refractivity contribution >= 4 is 56.0 Å². The summed E-state index contributed by atoms with van der Waals surface area (Å²) in [7, 11) is -3.47. The van der Waals surface area contributed by atoms with Crippen LogP contribution in [0, 0.1) is 0 Å². The molecule has 0 atom stereocenters. The molecular formula is C29H30ClN3O5S. The SMILES string of the molecule is CCN(CC)CCS(=O)(=O)c1ccc(NC(=C2C(=O)Nc3cc(Cl)ccc32)c2cccc(CC(=O)O)c2)cc1. The Kier molecular flexibility index (Phi) is 8.74. The molecule has 0 aliphatic carbocycles. The first kappa shape index (κ1) is 28.4. The second-order valence-corrected chi connectivity index (χ2v) is 11.7. The molecule has 0 spiro atoms. The first-order valence-electron chi connectivity index (χ1n) is 12.6. The highest BCUT2D eigenvalue weighted by molar-refractivity contribution is 7.91. The molecule has 3 N–H and O–H groups in total. The predicted octanol–water partition coefficient (Wildman–Crippen LogP) is 5.02. The molecule has 1 heterocycles. The molecule has 0 radical (unpaired) electrons. The van der Waals surface area contributed by atoms with Crippen LogP contribution in [0.4, 0.5) is 11.4 Å². The molecule has 1 aliphatic heterocycles. The van der Waals surface area contributed by atoms with Gasteiger partial charge in [0.25, 0.3) is 5.91 Å². The maximum Gasteiger partial charge on any atom is 0.307 e. The van der Waals surface area contributed by atoms with Gasteiger partial charge in [-0.25, -0.2) is 8.42 Å². The third-order valence-electron chi connectivity index (χ3n) is 6.60. The average molecular weight is 568 g/mol. The van der Waals surface area contributed by atoms with Gasteiger partial charge in [-0.15, -0.1) is 0 Å². The number of hydrogen-bond acceptors (Lipinski definition) is 6. The first-order valence-corrected chi connectivity index (χ1v) is 14.6. The molecule has 4 rings (SSSR count). The van der Waals surface area contributed by atoms with Gasteiger partial charge in [-0.3, -0.25) is 9.59 Å². The summed E-state index contributed by atoms with van der Waals surface area (Å²) in [5, 5.41) is 15.9. The van der Waals surface area contributed by atoms with Crippen molar-refractivity contribution in [2.75, 3.05) is 36.0 Å². The highest BCUT2D eigenvalue weighted by atomic mass is 35.5. The Morgan fingerprint density at radius 3 is 2.41 bits per heavy atom. The lowest BCUT2D eigenvalue weighted by Gasteiger charge is -2.18. The van der Waals surface area contributed by atoms with Crippen LogP contribution >= 0.6 is 11.6 Å². The van der Waals surface area contributed by atoms with Crippen LogP contribution in [-0.4, -0.2) is 55.7 Å². The minimum Gasteiger partial charge on any atom is -0.481 e. The van der Waals surface area contributed by atoms with Crippen LogP contribution in [0.15, 0.2) is 71.6 Å². The summed E-state index contributed by atoms with van der Waals surface area (Å²) >= 11 is 6.13. The molecule has 3 aromatic rings. The van der Waals surface area contributed by atoms with Crippen molar-refractivity contribution in [1.29, 1.82) is 0 Å². The maximum atomic E-state index is 13.1. The summed E-state index contributed by atoms with van der Waals surface area (Å²) in [4.78, 5) is 26.7. The van der Waals surface area contributed by atoms with Crippen LogP contribution in [0.25, 0.3) is 11.3 Å². The lowest BCUT2D eigenvalue weighted by molar-refractivity contribution is -0.136. The van der Waals surface area contributed by atoms with E-state index < -0.39 is 15.8 Å². The third kappa shape index (κ3) is 6.68. The van der Waals surface area contributed by atoms with Crippen LogP contribution in [-0.2, 0) is 25.8 Å². The number of carbonyl (C=O) groups excluding carboxylic acids is 1. The largest absolute Gasteiger partial charge is 0.481 e. The Bertz CT molecular complexity index is 1530. The van der Waals surface area contributed by atoms with E-state index in [1.807, 2.05) is 13.8 Å². The minimum absolute atomic E-state index is 0.0205. The second kappa shape index (κ2) is 12.0. The highest BCUT2D eigenvalue weighted by Gasteiger charge is 2.29. The standard InChI is InChI=1S/C29H30ClN3O5S/c1-3-33(4-2)14-15-39(37,38)23-11-9-22(10-12-23)31-28(20-7-5-6-19(16-20)17-26(34)35)27-24-13-8-21(30)18-25(24)32-29(27)36/h5-13,16,18,31H,3-4,14-15,17H2,1-2H3,(H,32,36)(H,34,35). The van der Waals surface area contributed by atoms with Crippen LogP contribution in [0.1, 0.15) is 30.5 Å². The number of aliphatic carboxylic acids is 1. The molecule has 3 aromatic carbocycles. The molecule has 10 heteroatoms. The lowest BCUT2D eigenvalue weighted by atomic mass is 9.98.